The summed E-state index contributed by atoms with van der Waals surface area (Å²) < 4.78 is 12.8. The fraction of sp³-hybridized carbons (Fsp3) is 0.538. The first-order chi connectivity index (χ1) is 7.31. The second-order valence-corrected chi connectivity index (χ2v) is 4.86. The third-order valence-electron chi connectivity index (χ3n) is 3.81. The lowest BCUT2D eigenvalue weighted by Gasteiger charge is -2.29. The minimum absolute atomic E-state index is 0. The average Bonchev–Trinajstić information content (AvgIpc) is 2.59. The zero-order chi connectivity index (χ0) is 10.3. The number of piperidine rings is 1. The number of halogens is 2. The first kappa shape index (κ1) is 11.9. The summed E-state index contributed by atoms with van der Waals surface area (Å²) in [4.78, 5) is 0. The van der Waals surface area contributed by atoms with Gasteiger partial charge >= 0.3 is 0 Å². The Hall–Kier alpha value is -0.600. The zero-order valence-electron chi connectivity index (χ0n) is 9.16. The van der Waals surface area contributed by atoms with Gasteiger partial charge in [0.2, 0.25) is 0 Å². The van der Waals surface area contributed by atoms with Crippen molar-refractivity contribution in [3.8, 4) is 0 Å². The van der Waals surface area contributed by atoms with Crippen LogP contribution >= 0.6 is 12.4 Å². The lowest BCUT2D eigenvalue weighted by molar-refractivity contribution is 0.363. The maximum atomic E-state index is 12.8. The van der Waals surface area contributed by atoms with Crippen LogP contribution in [0.5, 0.6) is 0 Å². The molecule has 2 fully saturated rings. The summed E-state index contributed by atoms with van der Waals surface area (Å²) in [5.74, 6) is 0.514. The number of benzene rings is 1. The van der Waals surface area contributed by atoms with Crippen molar-refractivity contribution in [3.05, 3.63) is 35.6 Å². The molecule has 0 radical (unpaired) electrons. The zero-order valence-corrected chi connectivity index (χ0v) is 9.97. The van der Waals surface area contributed by atoms with Crippen LogP contribution in [0.4, 0.5) is 4.39 Å². The molecule has 2 aliphatic rings. The topological polar surface area (TPSA) is 12.0 Å². The highest BCUT2D eigenvalue weighted by Crippen LogP contribution is 2.36. The number of hydrogen-bond donors (Lipinski definition) is 1. The molecule has 3 heteroatoms. The number of fused-ring (bicyclic) bond motifs is 2. The number of hydrogen-bond acceptors (Lipinski definition) is 1. The fourth-order valence-corrected chi connectivity index (χ4v) is 3.06. The normalized spacial score (nSPS) is 32.2. The van der Waals surface area contributed by atoms with Gasteiger partial charge in [-0.2, -0.15) is 0 Å². The van der Waals surface area contributed by atoms with Crippen molar-refractivity contribution in [2.45, 2.75) is 43.7 Å². The standard InChI is InChI=1S/C13H16FN.ClH/c14-11-3-1-9(2-4-11)10-7-12-5-6-13(8-10)15-12;/h1-4,10,12-13,15H,5-8H2;1H. The molecule has 16 heavy (non-hydrogen) atoms. The third kappa shape index (κ3) is 2.23. The first-order valence-electron chi connectivity index (χ1n) is 5.83. The highest BCUT2D eigenvalue weighted by molar-refractivity contribution is 5.85. The number of rotatable bonds is 1. The molecule has 0 amide bonds. The van der Waals surface area contributed by atoms with Gasteiger partial charge < -0.3 is 5.32 Å². The van der Waals surface area contributed by atoms with E-state index in [1.807, 2.05) is 12.1 Å². The van der Waals surface area contributed by atoms with Crippen molar-refractivity contribution in [2.24, 2.45) is 0 Å². The Labute approximate surface area is 102 Å². The van der Waals surface area contributed by atoms with Crippen LogP contribution in [0.15, 0.2) is 24.3 Å². The van der Waals surface area contributed by atoms with Gasteiger partial charge in [-0.15, -0.1) is 12.4 Å². The fourth-order valence-electron chi connectivity index (χ4n) is 3.06. The quantitative estimate of drug-likeness (QED) is 0.796. The molecule has 3 rings (SSSR count). The Balaban J connectivity index is 0.000000963. The van der Waals surface area contributed by atoms with Gasteiger partial charge in [-0.05, 0) is 49.3 Å². The average molecular weight is 242 g/mol. The molecular weight excluding hydrogens is 225 g/mol. The summed E-state index contributed by atoms with van der Waals surface area (Å²) in [5.41, 5.74) is 1.31. The van der Waals surface area contributed by atoms with E-state index in [-0.39, 0.29) is 18.2 Å². The second kappa shape index (κ2) is 4.72. The van der Waals surface area contributed by atoms with E-state index < -0.39 is 0 Å². The van der Waals surface area contributed by atoms with Gasteiger partial charge in [0.15, 0.2) is 0 Å². The Morgan fingerprint density at radius 1 is 1.00 bits per heavy atom. The molecule has 88 valence electrons. The van der Waals surface area contributed by atoms with E-state index in [0.717, 1.165) is 0 Å². The van der Waals surface area contributed by atoms with Crippen molar-refractivity contribution in [2.75, 3.05) is 0 Å². The molecule has 2 bridgehead atoms. The first-order valence-corrected chi connectivity index (χ1v) is 5.83. The van der Waals surface area contributed by atoms with Crippen LogP contribution in [-0.2, 0) is 0 Å². The Bertz CT molecular complexity index is 339. The van der Waals surface area contributed by atoms with Crippen LogP contribution in [0.2, 0.25) is 0 Å². The molecule has 0 aromatic heterocycles. The van der Waals surface area contributed by atoms with Crippen molar-refractivity contribution >= 4 is 12.4 Å². The maximum Gasteiger partial charge on any atom is 0.123 e. The van der Waals surface area contributed by atoms with Gasteiger partial charge in [0, 0.05) is 12.1 Å². The van der Waals surface area contributed by atoms with Crippen molar-refractivity contribution in [1.29, 1.82) is 0 Å². The molecule has 1 nitrogen and oxygen atoms in total. The molecule has 0 aliphatic carbocycles. The smallest absolute Gasteiger partial charge is 0.123 e. The van der Waals surface area contributed by atoms with E-state index >= 15 is 0 Å². The van der Waals surface area contributed by atoms with Crippen LogP contribution in [0, 0.1) is 5.82 Å². The summed E-state index contributed by atoms with van der Waals surface area (Å²) in [6, 6.07) is 8.48. The van der Waals surface area contributed by atoms with E-state index in [1.54, 1.807) is 12.1 Å². The van der Waals surface area contributed by atoms with Gasteiger partial charge in [0.1, 0.15) is 5.82 Å². The highest BCUT2D eigenvalue weighted by Gasteiger charge is 2.33. The van der Waals surface area contributed by atoms with Crippen molar-refractivity contribution in [1.82, 2.24) is 5.32 Å². The minimum atomic E-state index is -0.129. The maximum absolute atomic E-state index is 12.8. The second-order valence-electron chi connectivity index (χ2n) is 4.86. The van der Waals surface area contributed by atoms with Gasteiger partial charge in [-0.25, -0.2) is 4.39 Å². The van der Waals surface area contributed by atoms with Gasteiger partial charge in [0.25, 0.3) is 0 Å². The Morgan fingerprint density at radius 3 is 2.12 bits per heavy atom. The number of nitrogens with one attached hydrogen (secondary N) is 1. The van der Waals surface area contributed by atoms with Crippen LogP contribution in [-0.4, -0.2) is 12.1 Å². The molecule has 2 unspecified atom stereocenters. The van der Waals surface area contributed by atoms with E-state index in [2.05, 4.69) is 5.32 Å². The monoisotopic (exact) mass is 241 g/mol. The summed E-state index contributed by atoms with van der Waals surface area (Å²) in [5, 5.41) is 3.63. The molecule has 0 saturated carbocycles. The van der Waals surface area contributed by atoms with Gasteiger partial charge in [-0.1, -0.05) is 12.1 Å². The molecule has 2 atom stereocenters. The van der Waals surface area contributed by atoms with Crippen LogP contribution in [0.1, 0.15) is 37.2 Å². The summed E-state index contributed by atoms with van der Waals surface area (Å²) >= 11 is 0. The SMILES string of the molecule is Cl.Fc1ccc(C2CC3CCC(C2)N3)cc1. The van der Waals surface area contributed by atoms with E-state index in [0.29, 0.717) is 18.0 Å². The largest absolute Gasteiger partial charge is 0.311 e. The summed E-state index contributed by atoms with van der Waals surface area (Å²) in [6.45, 7) is 0. The van der Waals surface area contributed by atoms with E-state index in [1.165, 1.54) is 31.2 Å². The van der Waals surface area contributed by atoms with Crippen LogP contribution < -0.4 is 5.32 Å². The summed E-state index contributed by atoms with van der Waals surface area (Å²) in [6.07, 6.45) is 5.09. The molecule has 2 aliphatic heterocycles. The van der Waals surface area contributed by atoms with E-state index in [9.17, 15) is 4.39 Å². The summed E-state index contributed by atoms with van der Waals surface area (Å²) in [7, 11) is 0. The lowest BCUT2D eigenvalue weighted by atomic mass is 9.86. The van der Waals surface area contributed by atoms with Crippen LogP contribution in [0.25, 0.3) is 0 Å². The van der Waals surface area contributed by atoms with Gasteiger partial charge in [-0.3, -0.25) is 0 Å². The molecular formula is C13H17ClFN. The Kier molecular flexibility index (Phi) is 3.50. The molecule has 2 heterocycles. The Morgan fingerprint density at radius 2 is 1.56 bits per heavy atom. The predicted octanol–water partition coefficient (Wildman–Crippen LogP) is 3.25. The lowest BCUT2D eigenvalue weighted by Crippen LogP contribution is -2.37. The molecule has 2 saturated heterocycles. The molecule has 1 N–H and O–H groups in total. The molecule has 1 aromatic rings. The molecule has 1 aromatic carbocycles. The third-order valence-corrected chi connectivity index (χ3v) is 3.81. The van der Waals surface area contributed by atoms with Crippen molar-refractivity contribution in [3.63, 3.8) is 0 Å². The van der Waals surface area contributed by atoms with Crippen LogP contribution in [0.3, 0.4) is 0 Å². The highest BCUT2D eigenvalue weighted by atomic mass is 35.5. The molecule has 0 spiro atoms. The van der Waals surface area contributed by atoms with Crippen molar-refractivity contribution < 1.29 is 4.39 Å². The van der Waals surface area contributed by atoms with E-state index in [4.69, 9.17) is 0 Å². The predicted molar refractivity (Wildman–Crippen MR) is 65.6 cm³/mol. The minimum Gasteiger partial charge on any atom is -0.311 e. The van der Waals surface area contributed by atoms with Gasteiger partial charge in [0.05, 0.1) is 0 Å².